The van der Waals surface area contributed by atoms with Crippen molar-refractivity contribution in [2.75, 3.05) is 32.9 Å². The lowest BCUT2D eigenvalue weighted by Crippen LogP contribution is -2.40. The van der Waals surface area contributed by atoms with Gasteiger partial charge in [-0.1, -0.05) is 18.2 Å². The van der Waals surface area contributed by atoms with Gasteiger partial charge in [0.15, 0.2) is 12.4 Å². The molecule has 0 bridgehead atoms. The molecule has 2 aromatic carbocycles. The van der Waals surface area contributed by atoms with Crippen LogP contribution in [0.4, 0.5) is 0 Å². The molecule has 0 radical (unpaired) electrons. The number of hydrogen-bond donors (Lipinski definition) is 0. The van der Waals surface area contributed by atoms with E-state index >= 15 is 0 Å². The van der Waals surface area contributed by atoms with Crippen LogP contribution in [0.15, 0.2) is 41.3 Å². The summed E-state index contributed by atoms with van der Waals surface area (Å²) in [7, 11) is -3.75. The molecule has 0 spiro atoms. The topological polar surface area (TPSA) is 90.0 Å². The van der Waals surface area contributed by atoms with Gasteiger partial charge in [0.1, 0.15) is 0 Å². The number of carbonyl (C=O) groups is 2. The summed E-state index contributed by atoms with van der Waals surface area (Å²) >= 11 is 0. The number of nitrogens with zero attached hydrogens (tertiary/aromatic N) is 1. The highest BCUT2D eigenvalue weighted by atomic mass is 32.2. The van der Waals surface area contributed by atoms with E-state index in [4.69, 9.17) is 9.47 Å². The number of aryl methyl sites for hydroxylation is 3. The second-order valence-corrected chi connectivity index (χ2v) is 9.74. The highest BCUT2D eigenvalue weighted by molar-refractivity contribution is 7.89. The van der Waals surface area contributed by atoms with Crippen molar-refractivity contribution in [2.24, 2.45) is 0 Å². The zero-order chi connectivity index (χ0) is 22.0. The Balaban J connectivity index is 1.46. The van der Waals surface area contributed by atoms with E-state index in [1.807, 2.05) is 12.1 Å². The van der Waals surface area contributed by atoms with E-state index in [0.29, 0.717) is 24.3 Å². The monoisotopic (exact) mass is 443 g/mol. The van der Waals surface area contributed by atoms with Crippen LogP contribution in [-0.2, 0) is 32.3 Å². The summed E-state index contributed by atoms with van der Waals surface area (Å²) < 4.78 is 37.8. The summed E-state index contributed by atoms with van der Waals surface area (Å²) in [5.41, 5.74) is 3.60. The van der Waals surface area contributed by atoms with Gasteiger partial charge in [-0.25, -0.2) is 13.2 Å². The smallest absolute Gasteiger partial charge is 0.338 e. The van der Waals surface area contributed by atoms with E-state index in [0.717, 1.165) is 19.3 Å². The van der Waals surface area contributed by atoms with Crippen molar-refractivity contribution in [2.45, 2.75) is 31.1 Å². The molecule has 1 fully saturated rings. The number of esters is 1. The summed E-state index contributed by atoms with van der Waals surface area (Å²) in [6.07, 6.45) is 3.08. The molecule has 2 aromatic rings. The molecule has 0 aromatic heterocycles. The SMILES string of the molecule is Cc1ccc(C(=O)OCC(=O)c2ccc3c(c2)CCC3)cc1S(=O)(=O)N1CCOCC1. The first kappa shape index (κ1) is 21.7. The molecule has 0 N–H and O–H groups in total. The van der Waals surface area contributed by atoms with Crippen LogP contribution in [0.25, 0.3) is 0 Å². The largest absolute Gasteiger partial charge is 0.454 e. The van der Waals surface area contributed by atoms with Crippen molar-refractivity contribution in [3.8, 4) is 0 Å². The highest BCUT2D eigenvalue weighted by Gasteiger charge is 2.28. The van der Waals surface area contributed by atoms with Crippen LogP contribution in [0, 0.1) is 6.92 Å². The van der Waals surface area contributed by atoms with Crippen LogP contribution in [0.5, 0.6) is 0 Å². The number of sulfonamides is 1. The number of benzene rings is 2. The van der Waals surface area contributed by atoms with Crippen LogP contribution in [0.2, 0.25) is 0 Å². The minimum Gasteiger partial charge on any atom is -0.454 e. The van der Waals surface area contributed by atoms with Gasteiger partial charge in [0.2, 0.25) is 10.0 Å². The van der Waals surface area contributed by atoms with Crippen molar-refractivity contribution in [1.29, 1.82) is 0 Å². The van der Waals surface area contributed by atoms with Crippen molar-refractivity contribution >= 4 is 21.8 Å². The predicted molar refractivity (Wildman–Crippen MR) is 114 cm³/mol. The van der Waals surface area contributed by atoms with Gasteiger partial charge in [-0.3, -0.25) is 4.79 Å². The molecule has 0 atom stereocenters. The van der Waals surface area contributed by atoms with Crippen molar-refractivity contribution in [3.05, 3.63) is 64.2 Å². The molecule has 2 aliphatic rings. The maximum Gasteiger partial charge on any atom is 0.338 e. The van der Waals surface area contributed by atoms with Crippen LogP contribution in [-0.4, -0.2) is 57.4 Å². The van der Waals surface area contributed by atoms with Crippen LogP contribution in [0.1, 0.15) is 43.8 Å². The summed E-state index contributed by atoms with van der Waals surface area (Å²) in [6.45, 7) is 2.50. The van der Waals surface area contributed by atoms with Gasteiger partial charge in [-0.15, -0.1) is 0 Å². The van der Waals surface area contributed by atoms with Gasteiger partial charge in [0.05, 0.1) is 23.7 Å². The minimum atomic E-state index is -3.75. The van der Waals surface area contributed by atoms with E-state index < -0.39 is 22.6 Å². The van der Waals surface area contributed by atoms with Gasteiger partial charge in [-0.2, -0.15) is 4.31 Å². The Morgan fingerprint density at radius 1 is 1.00 bits per heavy atom. The number of ketones is 1. The van der Waals surface area contributed by atoms with Gasteiger partial charge in [0, 0.05) is 18.7 Å². The number of fused-ring (bicyclic) bond motifs is 1. The molecule has 1 heterocycles. The van der Waals surface area contributed by atoms with Crippen molar-refractivity contribution < 1.29 is 27.5 Å². The second kappa shape index (κ2) is 8.90. The molecule has 8 heteroatoms. The lowest BCUT2D eigenvalue weighted by molar-refractivity contribution is 0.0474. The second-order valence-electron chi connectivity index (χ2n) is 7.83. The molecule has 4 rings (SSSR count). The van der Waals surface area contributed by atoms with E-state index in [-0.39, 0.29) is 29.3 Å². The Morgan fingerprint density at radius 2 is 1.71 bits per heavy atom. The fourth-order valence-corrected chi connectivity index (χ4v) is 5.63. The van der Waals surface area contributed by atoms with Gasteiger partial charge >= 0.3 is 5.97 Å². The van der Waals surface area contributed by atoms with Crippen LogP contribution in [0.3, 0.4) is 0 Å². The van der Waals surface area contributed by atoms with E-state index in [1.54, 1.807) is 19.1 Å². The molecular formula is C23H25NO6S. The molecule has 1 aliphatic carbocycles. The summed E-state index contributed by atoms with van der Waals surface area (Å²) in [6, 6.07) is 10.0. The van der Waals surface area contributed by atoms with E-state index in [2.05, 4.69) is 0 Å². The fraction of sp³-hybridized carbons (Fsp3) is 0.391. The van der Waals surface area contributed by atoms with Crippen LogP contribution >= 0.6 is 0 Å². The Bertz CT molecular complexity index is 1120. The Labute approximate surface area is 182 Å². The third-order valence-corrected chi connectivity index (χ3v) is 7.81. The van der Waals surface area contributed by atoms with Crippen molar-refractivity contribution in [1.82, 2.24) is 4.31 Å². The summed E-state index contributed by atoms with van der Waals surface area (Å²) in [5, 5.41) is 0. The Hall–Kier alpha value is -2.55. The van der Waals surface area contributed by atoms with Gasteiger partial charge in [-0.05, 0) is 61.1 Å². The summed E-state index contributed by atoms with van der Waals surface area (Å²) in [5.74, 6) is -1.01. The molecule has 31 heavy (non-hydrogen) atoms. The average Bonchev–Trinajstić information content (AvgIpc) is 3.26. The zero-order valence-electron chi connectivity index (χ0n) is 17.4. The Kier molecular flexibility index (Phi) is 6.22. The number of morpholine rings is 1. The first-order valence-electron chi connectivity index (χ1n) is 10.4. The normalized spacial score (nSPS) is 16.7. The molecule has 0 amide bonds. The third kappa shape index (κ3) is 4.56. The van der Waals surface area contributed by atoms with Gasteiger partial charge in [0.25, 0.3) is 0 Å². The fourth-order valence-electron chi connectivity index (χ4n) is 3.97. The maximum absolute atomic E-state index is 13.0. The first-order chi connectivity index (χ1) is 14.9. The van der Waals surface area contributed by atoms with E-state index in [9.17, 15) is 18.0 Å². The maximum atomic E-state index is 13.0. The average molecular weight is 444 g/mol. The highest BCUT2D eigenvalue weighted by Crippen LogP contribution is 2.24. The molecular weight excluding hydrogens is 418 g/mol. The Morgan fingerprint density at radius 3 is 2.48 bits per heavy atom. The lowest BCUT2D eigenvalue weighted by atomic mass is 10.0. The first-order valence-corrected chi connectivity index (χ1v) is 11.8. The number of carbonyl (C=O) groups excluding carboxylic acids is 2. The molecule has 164 valence electrons. The number of Topliss-reactive ketones (excluding diaryl/α,β-unsaturated/α-hetero) is 1. The standard InChI is InChI=1S/C23H25NO6S/c1-16-5-6-20(14-22(16)31(27,28)24-9-11-29-12-10-24)23(26)30-15-21(25)19-8-7-17-3-2-4-18(17)13-19/h5-8,13-14H,2-4,9-12,15H2,1H3. The quantitative estimate of drug-likeness (QED) is 0.504. The number of ether oxygens (including phenoxy) is 2. The van der Waals surface area contributed by atoms with Crippen LogP contribution < -0.4 is 0 Å². The summed E-state index contributed by atoms with van der Waals surface area (Å²) in [4.78, 5) is 25.1. The molecule has 0 unspecified atom stereocenters. The van der Waals surface area contributed by atoms with E-state index in [1.165, 1.54) is 27.6 Å². The molecule has 1 aliphatic heterocycles. The molecule has 1 saturated heterocycles. The van der Waals surface area contributed by atoms with Crippen molar-refractivity contribution in [3.63, 3.8) is 0 Å². The predicted octanol–water partition coefficient (Wildman–Crippen LogP) is 2.54. The lowest BCUT2D eigenvalue weighted by Gasteiger charge is -2.26. The number of rotatable bonds is 6. The van der Waals surface area contributed by atoms with Gasteiger partial charge < -0.3 is 9.47 Å². The zero-order valence-corrected chi connectivity index (χ0v) is 18.2. The number of hydrogen-bond acceptors (Lipinski definition) is 6. The third-order valence-electron chi connectivity index (χ3n) is 5.77. The minimum absolute atomic E-state index is 0.0637. The molecule has 0 saturated carbocycles. The molecule has 7 nitrogen and oxygen atoms in total.